The number of rotatable bonds is 6. The summed E-state index contributed by atoms with van der Waals surface area (Å²) in [5.74, 6) is 0.110. The molecule has 0 amide bonds. The van der Waals surface area contributed by atoms with Crippen LogP contribution in [0.15, 0.2) is 47.7 Å². The Morgan fingerprint density at radius 3 is 2.70 bits per heavy atom. The van der Waals surface area contributed by atoms with Gasteiger partial charge in [-0.2, -0.15) is 13.2 Å². The highest BCUT2D eigenvalue weighted by atomic mass is 127. The molecule has 5 nitrogen and oxygen atoms in total. The van der Waals surface area contributed by atoms with Gasteiger partial charge in [0, 0.05) is 31.5 Å². The van der Waals surface area contributed by atoms with E-state index in [1.807, 2.05) is 35.9 Å². The summed E-state index contributed by atoms with van der Waals surface area (Å²) in [5.41, 5.74) is 1.17. The Hall–Kier alpha value is -1.78. The molecule has 1 heterocycles. The maximum absolute atomic E-state index is 13.1. The largest absolute Gasteiger partial charge is 0.391 e. The second kappa shape index (κ2) is 11.6. The van der Waals surface area contributed by atoms with Crippen molar-refractivity contribution in [3.63, 3.8) is 0 Å². The summed E-state index contributed by atoms with van der Waals surface area (Å²) in [5, 5.41) is 6.33. The van der Waals surface area contributed by atoms with Crippen molar-refractivity contribution in [1.82, 2.24) is 20.2 Å². The SMILES string of the molecule is CCNC(=NCc1nccn1Cc1ccccc1)NC1CCCC(C(F)(F)F)C1.I. The zero-order valence-corrected chi connectivity index (χ0v) is 19.4. The fourth-order valence-electron chi connectivity index (χ4n) is 3.70. The minimum Gasteiger partial charge on any atom is -0.357 e. The van der Waals surface area contributed by atoms with Gasteiger partial charge >= 0.3 is 6.18 Å². The van der Waals surface area contributed by atoms with E-state index in [2.05, 4.69) is 32.7 Å². The molecule has 30 heavy (non-hydrogen) atoms. The molecule has 0 radical (unpaired) electrons. The number of guanidine groups is 1. The summed E-state index contributed by atoms with van der Waals surface area (Å²) in [6.45, 7) is 3.63. The van der Waals surface area contributed by atoms with E-state index in [1.165, 1.54) is 5.56 Å². The molecular weight excluding hydrogens is 506 g/mol. The Morgan fingerprint density at radius 1 is 1.23 bits per heavy atom. The Labute approximate surface area is 192 Å². The third-order valence-electron chi connectivity index (χ3n) is 5.20. The smallest absolute Gasteiger partial charge is 0.357 e. The zero-order chi connectivity index (χ0) is 20.7. The standard InChI is InChI=1S/C21H28F3N5.HI/c1-2-25-20(28-18-10-6-9-17(13-18)21(22,23)24)27-14-19-26-11-12-29(19)15-16-7-4-3-5-8-16;/h3-5,7-8,11-12,17-18H,2,6,9-10,13-15H2,1H3,(H2,25,27,28);1H. The first-order valence-corrected chi connectivity index (χ1v) is 10.1. The molecule has 2 unspecified atom stereocenters. The highest BCUT2D eigenvalue weighted by Gasteiger charge is 2.42. The number of imidazole rings is 1. The average Bonchev–Trinajstić information content (AvgIpc) is 3.13. The summed E-state index contributed by atoms with van der Waals surface area (Å²) in [4.78, 5) is 8.96. The van der Waals surface area contributed by atoms with Gasteiger partial charge in [0.25, 0.3) is 0 Å². The summed E-state index contributed by atoms with van der Waals surface area (Å²) in [6.07, 6.45) is 1.12. The number of hydrogen-bond acceptors (Lipinski definition) is 2. The van der Waals surface area contributed by atoms with Gasteiger partial charge in [0.15, 0.2) is 5.96 Å². The molecule has 9 heteroatoms. The molecule has 2 N–H and O–H groups in total. The van der Waals surface area contributed by atoms with Crippen LogP contribution in [-0.4, -0.2) is 34.3 Å². The normalized spacial score (nSPS) is 19.8. The number of aliphatic imine (C=N–C) groups is 1. The van der Waals surface area contributed by atoms with Gasteiger partial charge in [0.05, 0.1) is 5.92 Å². The lowest BCUT2D eigenvalue weighted by Crippen LogP contribution is -2.46. The maximum atomic E-state index is 13.1. The van der Waals surface area contributed by atoms with Crippen molar-refractivity contribution in [2.24, 2.45) is 10.9 Å². The molecule has 2 aromatic rings. The van der Waals surface area contributed by atoms with Gasteiger partial charge in [0.2, 0.25) is 0 Å². The molecule has 1 aliphatic rings. The van der Waals surface area contributed by atoms with E-state index in [4.69, 9.17) is 0 Å². The van der Waals surface area contributed by atoms with E-state index in [9.17, 15) is 13.2 Å². The molecule has 1 fully saturated rings. The van der Waals surface area contributed by atoms with Crippen LogP contribution in [0.25, 0.3) is 0 Å². The summed E-state index contributed by atoms with van der Waals surface area (Å²) < 4.78 is 41.2. The van der Waals surface area contributed by atoms with Crippen molar-refractivity contribution in [3.8, 4) is 0 Å². The lowest BCUT2D eigenvalue weighted by Gasteiger charge is -2.31. The van der Waals surface area contributed by atoms with E-state index in [0.29, 0.717) is 32.0 Å². The fourth-order valence-corrected chi connectivity index (χ4v) is 3.70. The quantitative estimate of drug-likeness (QED) is 0.320. The van der Waals surface area contributed by atoms with Crippen LogP contribution in [0.2, 0.25) is 0 Å². The van der Waals surface area contributed by atoms with Crippen molar-refractivity contribution in [2.45, 2.75) is 57.9 Å². The summed E-state index contributed by atoms with van der Waals surface area (Å²) in [6, 6.07) is 9.85. The number of nitrogens with zero attached hydrogens (tertiary/aromatic N) is 3. The van der Waals surface area contributed by atoms with E-state index in [0.717, 1.165) is 12.2 Å². The summed E-state index contributed by atoms with van der Waals surface area (Å²) in [7, 11) is 0. The van der Waals surface area contributed by atoms with Crippen LogP contribution in [0.4, 0.5) is 13.2 Å². The van der Waals surface area contributed by atoms with Crippen LogP contribution >= 0.6 is 24.0 Å². The van der Waals surface area contributed by atoms with Gasteiger partial charge in [-0.05, 0) is 31.7 Å². The van der Waals surface area contributed by atoms with Crippen molar-refractivity contribution >= 4 is 29.9 Å². The lowest BCUT2D eigenvalue weighted by atomic mass is 9.85. The van der Waals surface area contributed by atoms with Gasteiger partial charge in [-0.15, -0.1) is 24.0 Å². The predicted octanol–water partition coefficient (Wildman–Crippen LogP) is 4.73. The topological polar surface area (TPSA) is 54.2 Å². The fraction of sp³-hybridized carbons (Fsp3) is 0.524. The monoisotopic (exact) mass is 535 g/mol. The van der Waals surface area contributed by atoms with Gasteiger partial charge in [-0.1, -0.05) is 36.8 Å². The first kappa shape index (κ1) is 24.5. The van der Waals surface area contributed by atoms with Crippen LogP contribution in [0.5, 0.6) is 0 Å². The molecule has 0 aliphatic heterocycles. The first-order valence-electron chi connectivity index (χ1n) is 10.1. The van der Waals surface area contributed by atoms with Gasteiger partial charge < -0.3 is 15.2 Å². The van der Waals surface area contributed by atoms with E-state index in [1.54, 1.807) is 6.20 Å². The van der Waals surface area contributed by atoms with Crippen LogP contribution < -0.4 is 10.6 Å². The number of hydrogen-bond donors (Lipinski definition) is 2. The van der Waals surface area contributed by atoms with Crippen molar-refractivity contribution < 1.29 is 13.2 Å². The molecule has 166 valence electrons. The van der Waals surface area contributed by atoms with E-state index < -0.39 is 12.1 Å². The maximum Gasteiger partial charge on any atom is 0.391 e. The number of aromatic nitrogens is 2. The minimum absolute atomic E-state index is 0. The van der Waals surface area contributed by atoms with Crippen LogP contribution in [0.3, 0.4) is 0 Å². The number of halogens is 4. The zero-order valence-electron chi connectivity index (χ0n) is 17.0. The van der Waals surface area contributed by atoms with Crippen LogP contribution in [0, 0.1) is 5.92 Å². The average molecular weight is 535 g/mol. The highest BCUT2D eigenvalue weighted by molar-refractivity contribution is 14.0. The van der Waals surface area contributed by atoms with Gasteiger partial charge in [-0.25, -0.2) is 9.98 Å². The highest BCUT2D eigenvalue weighted by Crippen LogP contribution is 2.37. The number of alkyl halides is 3. The van der Waals surface area contributed by atoms with Crippen molar-refractivity contribution in [3.05, 3.63) is 54.1 Å². The van der Waals surface area contributed by atoms with E-state index >= 15 is 0 Å². The molecule has 0 bridgehead atoms. The molecule has 1 saturated carbocycles. The van der Waals surface area contributed by atoms with Crippen molar-refractivity contribution in [2.75, 3.05) is 6.54 Å². The Balaban J connectivity index is 0.00000320. The predicted molar refractivity (Wildman–Crippen MR) is 123 cm³/mol. The number of nitrogens with one attached hydrogen (secondary N) is 2. The van der Waals surface area contributed by atoms with Crippen molar-refractivity contribution in [1.29, 1.82) is 0 Å². The summed E-state index contributed by atoms with van der Waals surface area (Å²) >= 11 is 0. The van der Waals surface area contributed by atoms with Gasteiger partial charge in [-0.3, -0.25) is 0 Å². The first-order chi connectivity index (χ1) is 14.0. The molecule has 3 rings (SSSR count). The van der Waals surface area contributed by atoms with E-state index in [-0.39, 0.29) is 42.9 Å². The molecule has 1 aromatic carbocycles. The molecular formula is C21H29F3IN5. The molecule has 1 aliphatic carbocycles. The van der Waals surface area contributed by atoms with Crippen LogP contribution in [-0.2, 0) is 13.1 Å². The number of benzene rings is 1. The lowest BCUT2D eigenvalue weighted by molar-refractivity contribution is -0.183. The third-order valence-corrected chi connectivity index (χ3v) is 5.20. The Bertz CT molecular complexity index is 791. The Morgan fingerprint density at radius 2 is 2.00 bits per heavy atom. The molecule has 0 spiro atoms. The second-order valence-corrected chi connectivity index (χ2v) is 7.40. The second-order valence-electron chi connectivity index (χ2n) is 7.40. The molecule has 0 saturated heterocycles. The van der Waals surface area contributed by atoms with Gasteiger partial charge in [0.1, 0.15) is 12.4 Å². The molecule has 2 atom stereocenters. The van der Waals surface area contributed by atoms with Crippen LogP contribution in [0.1, 0.15) is 44.0 Å². The molecule has 1 aromatic heterocycles. The Kier molecular flexibility index (Phi) is 9.44. The minimum atomic E-state index is -4.13. The third kappa shape index (κ3) is 7.17.